The van der Waals surface area contributed by atoms with Crippen molar-refractivity contribution < 1.29 is 9.47 Å². The van der Waals surface area contributed by atoms with Crippen LogP contribution < -0.4 is 10.5 Å². The second kappa shape index (κ2) is 9.77. The van der Waals surface area contributed by atoms with Gasteiger partial charge < -0.3 is 15.2 Å². The lowest BCUT2D eigenvalue weighted by Crippen LogP contribution is -2.42. The lowest BCUT2D eigenvalue weighted by Gasteiger charge is -2.37. The molecule has 0 bridgehead atoms. The first-order chi connectivity index (χ1) is 10.2. The predicted molar refractivity (Wildman–Crippen MR) is 87.7 cm³/mol. The van der Waals surface area contributed by atoms with E-state index in [1.165, 1.54) is 5.56 Å². The van der Waals surface area contributed by atoms with Crippen LogP contribution in [0.15, 0.2) is 24.3 Å². The molecule has 0 aliphatic heterocycles. The molecule has 0 radical (unpaired) electrons. The van der Waals surface area contributed by atoms with E-state index in [-0.39, 0.29) is 6.04 Å². The summed E-state index contributed by atoms with van der Waals surface area (Å²) in [7, 11) is 3.43. The minimum atomic E-state index is 0.218. The highest BCUT2D eigenvalue weighted by atomic mass is 16.5. The maximum Gasteiger partial charge on any atom is 0.118 e. The number of nitrogens with two attached hydrogens (primary N) is 1. The van der Waals surface area contributed by atoms with Crippen LogP contribution in [0.2, 0.25) is 0 Å². The summed E-state index contributed by atoms with van der Waals surface area (Å²) in [6.45, 7) is 6.69. The van der Waals surface area contributed by atoms with E-state index in [1.807, 2.05) is 12.1 Å². The van der Waals surface area contributed by atoms with Crippen LogP contribution >= 0.6 is 0 Å². The number of methoxy groups -OCH3 is 2. The lowest BCUT2D eigenvalue weighted by molar-refractivity contribution is 0.0817. The molecule has 0 amide bonds. The minimum Gasteiger partial charge on any atom is -0.497 e. The van der Waals surface area contributed by atoms with Crippen molar-refractivity contribution in [2.45, 2.75) is 38.8 Å². The first kappa shape index (κ1) is 18.0. The summed E-state index contributed by atoms with van der Waals surface area (Å²) in [5, 5.41) is 0. The molecule has 0 heterocycles. The summed E-state index contributed by atoms with van der Waals surface area (Å²) in [4.78, 5) is 2.48. The smallest absolute Gasteiger partial charge is 0.118 e. The molecule has 0 fully saturated rings. The van der Waals surface area contributed by atoms with Gasteiger partial charge in [0, 0.05) is 32.3 Å². The van der Waals surface area contributed by atoms with Gasteiger partial charge in [-0.3, -0.25) is 4.90 Å². The largest absolute Gasteiger partial charge is 0.497 e. The summed E-state index contributed by atoms with van der Waals surface area (Å²) in [6, 6.07) is 8.96. The van der Waals surface area contributed by atoms with Gasteiger partial charge in [-0.15, -0.1) is 0 Å². The van der Waals surface area contributed by atoms with Crippen LogP contribution in [0.4, 0.5) is 0 Å². The van der Waals surface area contributed by atoms with Crippen molar-refractivity contribution in [2.75, 3.05) is 33.9 Å². The fraction of sp³-hybridized carbons (Fsp3) is 0.647. The Morgan fingerprint density at radius 3 is 2.14 bits per heavy atom. The third-order valence-corrected chi connectivity index (χ3v) is 4.09. The lowest BCUT2D eigenvalue weighted by atomic mass is 10.0. The number of rotatable bonds is 10. The highest BCUT2D eigenvalue weighted by molar-refractivity contribution is 5.29. The Balaban J connectivity index is 2.97. The van der Waals surface area contributed by atoms with Gasteiger partial charge in [-0.25, -0.2) is 0 Å². The van der Waals surface area contributed by atoms with Gasteiger partial charge in [0.05, 0.1) is 13.7 Å². The summed E-state index contributed by atoms with van der Waals surface area (Å²) in [5.41, 5.74) is 7.32. The van der Waals surface area contributed by atoms with Gasteiger partial charge in [0.15, 0.2) is 0 Å². The highest BCUT2D eigenvalue weighted by Gasteiger charge is 2.24. The molecular formula is C17H30N2O2. The molecule has 1 aromatic rings. The molecular weight excluding hydrogens is 264 g/mol. The molecule has 0 aromatic heterocycles. The van der Waals surface area contributed by atoms with E-state index >= 15 is 0 Å². The van der Waals surface area contributed by atoms with Gasteiger partial charge >= 0.3 is 0 Å². The highest BCUT2D eigenvalue weighted by Crippen LogP contribution is 2.26. The summed E-state index contributed by atoms with van der Waals surface area (Å²) in [5.74, 6) is 0.875. The fourth-order valence-corrected chi connectivity index (χ4v) is 2.84. The molecule has 1 aromatic carbocycles. The fourth-order valence-electron chi connectivity index (χ4n) is 2.84. The van der Waals surface area contributed by atoms with Crippen LogP contribution in [0.5, 0.6) is 5.75 Å². The molecule has 0 spiro atoms. The molecule has 2 N–H and O–H groups in total. The monoisotopic (exact) mass is 294 g/mol. The van der Waals surface area contributed by atoms with Crippen molar-refractivity contribution in [1.82, 2.24) is 4.90 Å². The van der Waals surface area contributed by atoms with Crippen LogP contribution in [0.25, 0.3) is 0 Å². The van der Waals surface area contributed by atoms with E-state index in [1.54, 1.807) is 14.2 Å². The Bertz CT molecular complexity index is 377. The molecule has 0 saturated heterocycles. The number of ether oxygens (including phenoxy) is 2. The maximum absolute atomic E-state index is 6.08. The molecule has 4 heteroatoms. The van der Waals surface area contributed by atoms with Gasteiger partial charge in [-0.05, 0) is 30.5 Å². The Morgan fingerprint density at radius 2 is 1.71 bits per heavy atom. The average Bonchev–Trinajstić information content (AvgIpc) is 2.54. The number of hydrogen-bond acceptors (Lipinski definition) is 4. The van der Waals surface area contributed by atoms with E-state index in [0.717, 1.165) is 31.7 Å². The van der Waals surface area contributed by atoms with Crippen LogP contribution in [-0.4, -0.2) is 44.9 Å². The zero-order valence-corrected chi connectivity index (χ0v) is 13.8. The second-order valence-corrected chi connectivity index (χ2v) is 5.23. The first-order valence-corrected chi connectivity index (χ1v) is 7.80. The van der Waals surface area contributed by atoms with Crippen LogP contribution in [0.1, 0.15) is 38.3 Å². The SMILES string of the molecule is CCC(CC)N(CCOC)C(CN)c1ccc(OC)cc1. The van der Waals surface area contributed by atoms with Crippen LogP contribution in [-0.2, 0) is 4.74 Å². The minimum absolute atomic E-state index is 0.218. The van der Waals surface area contributed by atoms with Gasteiger partial charge in [0.1, 0.15) is 5.75 Å². The van der Waals surface area contributed by atoms with Crippen molar-refractivity contribution in [1.29, 1.82) is 0 Å². The van der Waals surface area contributed by atoms with Gasteiger partial charge in [-0.1, -0.05) is 26.0 Å². The average molecular weight is 294 g/mol. The first-order valence-electron chi connectivity index (χ1n) is 7.80. The standard InChI is InChI=1S/C17H30N2O2/c1-5-15(6-2)19(11-12-20-3)17(13-18)14-7-9-16(21-4)10-8-14/h7-10,15,17H,5-6,11-13,18H2,1-4H3. The zero-order valence-electron chi connectivity index (χ0n) is 13.8. The molecule has 0 saturated carbocycles. The number of benzene rings is 1. The molecule has 1 atom stereocenters. The van der Waals surface area contributed by atoms with E-state index in [2.05, 4.69) is 30.9 Å². The van der Waals surface area contributed by atoms with Crippen molar-refractivity contribution in [3.05, 3.63) is 29.8 Å². The predicted octanol–water partition coefficient (Wildman–Crippen LogP) is 2.83. The topological polar surface area (TPSA) is 47.7 Å². The van der Waals surface area contributed by atoms with Crippen LogP contribution in [0, 0.1) is 0 Å². The molecule has 0 aliphatic rings. The third-order valence-electron chi connectivity index (χ3n) is 4.09. The maximum atomic E-state index is 6.08. The van der Waals surface area contributed by atoms with Gasteiger partial charge in [0.25, 0.3) is 0 Å². The normalized spacial score (nSPS) is 12.9. The van der Waals surface area contributed by atoms with E-state index in [0.29, 0.717) is 12.6 Å². The van der Waals surface area contributed by atoms with Crippen molar-refractivity contribution >= 4 is 0 Å². The number of nitrogens with zero attached hydrogens (tertiary/aromatic N) is 1. The van der Waals surface area contributed by atoms with E-state index < -0.39 is 0 Å². The molecule has 120 valence electrons. The summed E-state index contributed by atoms with van der Waals surface area (Å²) >= 11 is 0. The van der Waals surface area contributed by atoms with Gasteiger partial charge in [0.2, 0.25) is 0 Å². The molecule has 1 unspecified atom stereocenters. The van der Waals surface area contributed by atoms with Gasteiger partial charge in [-0.2, -0.15) is 0 Å². The van der Waals surface area contributed by atoms with E-state index in [9.17, 15) is 0 Å². The Kier molecular flexibility index (Phi) is 8.35. The Morgan fingerprint density at radius 1 is 1.10 bits per heavy atom. The molecule has 1 rings (SSSR count). The Labute approximate surface area is 129 Å². The van der Waals surface area contributed by atoms with Crippen molar-refractivity contribution in [3.8, 4) is 5.75 Å². The zero-order chi connectivity index (χ0) is 15.7. The van der Waals surface area contributed by atoms with E-state index in [4.69, 9.17) is 15.2 Å². The molecule has 0 aliphatic carbocycles. The quantitative estimate of drug-likeness (QED) is 0.721. The summed E-state index contributed by atoms with van der Waals surface area (Å²) < 4.78 is 10.5. The van der Waals surface area contributed by atoms with Crippen LogP contribution in [0.3, 0.4) is 0 Å². The third kappa shape index (κ3) is 4.99. The second-order valence-electron chi connectivity index (χ2n) is 5.23. The number of hydrogen-bond donors (Lipinski definition) is 1. The Hall–Kier alpha value is -1.10. The molecule has 21 heavy (non-hydrogen) atoms. The molecule has 4 nitrogen and oxygen atoms in total. The summed E-state index contributed by atoms with van der Waals surface area (Å²) in [6.07, 6.45) is 2.24. The van der Waals surface area contributed by atoms with Crippen molar-refractivity contribution in [2.24, 2.45) is 5.73 Å². The van der Waals surface area contributed by atoms with Crippen molar-refractivity contribution in [3.63, 3.8) is 0 Å².